The van der Waals surface area contributed by atoms with E-state index in [1.165, 1.54) is 16.7 Å². The summed E-state index contributed by atoms with van der Waals surface area (Å²) in [5, 5.41) is 9.35. The van der Waals surface area contributed by atoms with Gasteiger partial charge in [0.15, 0.2) is 0 Å². The fourth-order valence-corrected chi connectivity index (χ4v) is 4.59. The fraction of sp³-hybridized carbons (Fsp3) is 0.296. The monoisotopic (exact) mass is 399 g/mol. The van der Waals surface area contributed by atoms with Crippen molar-refractivity contribution in [3.63, 3.8) is 0 Å². The molecule has 3 aromatic rings. The molecule has 2 atom stereocenters. The van der Waals surface area contributed by atoms with Crippen LogP contribution in [0.15, 0.2) is 78.9 Å². The van der Waals surface area contributed by atoms with E-state index in [-0.39, 0.29) is 5.41 Å². The molecule has 1 heterocycles. The van der Waals surface area contributed by atoms with Gasteiger partial charge in [-0.2, -0.15) is 0 Å². The summed E-state index contributed by atoms with van der Waals surface area (Å²) in [7, 11) is 0. The molecule has 0 aliphatic carbocycles. The smallest absolute Gasteiger partial charge is 0.335 e. The van der Waals surface area contributed by atoms with Crippen molar-refractivity contribution in [2.24, 2.45) is 5.92 Å². The van der Waals surface area contributed by atoms with Gasteiger partial charge in [-0.3, -0.25) is 4.90 Å². The molecule has 0 aromatic heterocycles. The molecule has 0 amide bonds. The standard InChI is InChI=1S/C27H29NO2/c1-20-18-28(16-15-27(20,2)25-10-6-9-24(17-25)26(29)30)19-21-11-13-23(14-12-21)22-7-4-3-5-8-22/h3-14,17,20H,15-16,18-19H2,1-2H3,(H,29,30). The van der Waals surface area contributed by atoms with E-state index < -0.39 is 5.97 Å². The van der Waals surface area contributed by atoms with Crippen LogP contribution in [0.5, 0.6) is 0 Å². The molecule has 0 spiro atoms. The quantitative estimate of drug-likeness (QED) is 0.585. The molecule has 1 N–H and O–H groups in total. The van der Waals surface area contributed by atoms with Crippen molar-refractivity contribution in [2.45, 2.75) is 32.2 Å². The average molecular weight is 400 g/mol. The summed E-state index contributed by atoms with van der Waals surface area (Å²) in [5.74, 6) is -0.414. The number of aromatic carboxylic acids is 1. The fourth-order valence-electron chi connectivity index (χ4n) is 4.59. The lowest BCUT2D eigenvalue weighted by molar-refractivity contribution is 0.0696. The zero-order chi connectivity index (χ0) is 21.1. The summed E-state index contributed by atoms with van der Waals surface area (Å²) in [4.78, 5) is 13.9. The molecule has 2 unspecified atom stereocenters. The molecule has 1 aliphatic heterocycles. The lowest BCUT2D eigenvalue weighted by Gasteiger charge is -2.45. The number of rotatable bonds is 5. The Balaban J connectivity index is 1.43. The second kappa shape index (κ2) is 8.45. The summed E-state index contributed by atoms with van der Waals surface area (Å²) in [6, 6.07) is 26.8. The molecule has 4 rings (SSSR count). The molecule has 154 valence electrons. The van der Waals surface area contributed by atoms with E-state index >= 15 is 0 Å². The van der Waals surface area contributed by atoms with E-state index in [0.717, 1.165) is 31.6 Å². The molecule has 1 fully saturated rings. The normalized spacial score (nSPS) is 22.0. The molecule has 0 bridgehead atoms. The van der Waals surface area contributed by atoms with Crippen LogP contribution in [0.1, 0.15) is 41.8 Å². The van der Waals surface area contributed by atoms with E-state index in [2.05, 4.69) is 73.3 Å². The van der Waals surface area contributed by atoms with Gasteiger partial charge < -0.3 is 5.11 Å². The highest BCUT2D eigenvalue weighted by Crippen LogP contribution is 2.40. The minimum atomic E-state index is -0.857. The van der Waals surface area contributed by atoms with Crippen LogP contribution >= 0.6 is 0 Å². The summed E-state index contributed by atoms with van der Waals surface area (Å²) < 4.78 is 0. The minimum absolute atomic E-state index is 0.000866. The van der Waals surface area contributed by atoms with Crippen molar-refractivity contribution in [2.75, 3.05) is 13.1 Å². The Morgan fingerprint density at radius 3 is 2.37 bits per heavy atom. The molecule has 3 nitrogen and oxygen atoms in total. The summed E-state index contributed by atoms with van der Waals surface area (Å²) in [6.45, 7) is 7.54. The van der Waals surface area contributed by atoms with Gasteiger partial charge >= 0.3 is 5.97 Å². The van der Waals surface area contributed by atoms with Crippen LogP contribution in [-0.2, 0) is 12.0 Å². The van der Waals surface area contributed by atoms with Crippen LogP contribution in [0.2, 0.25) is 0 Å². The van der Waals surface area contributed by atoms with E-state index in [1.807, 2.05) is 18.2 Å². The molecule has 3 aromatic carbocycles. The number of likely N-dealkylation sites (tertiary alicyclic amines) is 1. The van der Waals surface area contributed by atoms with Crippen molar-refractivity contribution < 1.29 is 9.90 Å². The maximum absolute atomic E-state index is 11.4. The first kappa shape index (κ1) is 20.4. The molecule has 0 radical (unpaired) electrons. The van der Waals surface area contributed by atoms with Gasteiger partial charge in [-0.1, -0.05) is 80.6 Å². The van der Waals surface area contributed by atoms with Crippen LogP contribution in [0.25, 0.3) is 11.1 Å². The Bertz CT molecular complexity index is 1010. The first-order valence-corrected chi connectivity index (χ1v) is 10.7. The van der Waals surface area contributed by atoms with E-state index in [0.29, 0.717) is 11.5 Å². The van der Waals surface area contributed by atoms with Crippen LogP contribution in [0, 0.1) is 5.92 Å². The van der Waals surface area contributed by atoms with Crippen molar-refractivity contribution in [3.05, 3.63) is 95.6 Å². The number of hydrogen-bond acceptors (Lipinski definition) is 2. The second-order valence-electron chi connectivity index (χ2n) is 8.75. The molecular weight excluding hydrogens is 370 g/mol. The van der Waals surface area contributed by atoms with Crippen molar-refractivity contribution in [3.8, 4) is 11.1 Å². The first-order valence-electron chi connectivity index (χ1n) is 10.7. The van der Waals surface area contributed by atoms with Crippen molar-refractivity contribution >= 4 is 5.97 Å². The lowest BCUT2D eigenvalue weighted by atomic mass is 9.68. The van der Waals surface area contributed by atoms with Crippen LogP contribution in [0.4, 0.5) is 0 Å². The van der Waals surface area contributed by atoms with Gasteiger partial charge in [0.05, 0.1) is 5.56 Å². The number of carboxylic acids is 1. The Labute approximate surface area is 179 Å². The zero-order valence-corrected chi connectivity index (χ0v) is 17.7. The molecular formula is C27H29NO2. The van der Waals surface area contributed by atoms with Gasteiger partial charge in [0.1, 0.15) is 0 Å². The van der Waals surface area contributed by atoms with E-state index in [9.17, 15) is 9.90 Å². The number of piperidine rings is 1. The van der Waals surface area contributed by atoms with Crippen molar-refractivity contribution in [1.29, 1.82) is 0 Å². The number of carbonyl (C=O) groups is 1. The Morgan fingerprint density at radius 2 is 1.70 bits per heavy atom. The second-order valence-corrected chi connectivity index (χ2v) is 8.75. The Hall–Kier alpha value is -2.91. The van der Waals surface area contributed by atoms with Crippen LogP contribution in [-0.4, -0.2) is 29.1 Å². The van der Waals surface area contributed by atoms with Gasteiger partial charge in [-0.25, -0.2) is 4.79 Å². The molecule has 3 heteroatoms. The highest BCUT2D eigenvalue weighted by atomic mass is 16.4. The largest absolute Gasteiger partial charge is 0.478 e. The highest BCUT2D eigenvalue weighted by Gasteiger charge is 2.38. The third kappa shape index (κ3) is 4.17. The molecule has 30 heavy (non-hydrogen) atoms. The maximum Gasteiger partial charge on any atom is 0.335 e. The Morgan fingerprint density at radius 1 is 1.00 bits per heavy atom. The van der Waals surface area contributed by atoms with Gasteiger partial charge in [0, 0.05) is 13.1 Å². The van der Waals surface area contributed by atoms with Gasteiger partial charge in [0.25, 0.3) is 0 Å². The highest BCUT2D eigenvalue weighted by molar-refractivity contribution is 5.87. The topological polar surface area (TPSA) is 40.5 Å². The first-order chi connectivity index (χ1) is 14.5. The summed E-state index contributed by atoms with van der Waals surface area (Å²) in [5.41, 5.74) is 5.34. The lowest BCUT2D eigenvalue weighted by Crippen LogP contribution is -2.47. The number of benzene rings is 3. The molecule has 1 aliphatic rings. The zero-order valence-electron chi connectivity index (χ0n) is 17.7. The average Bonchev–Trinajstić information content (AvgIpc) is 2.77. The predicted octanol–water partition coefficient (Wildman–Crippen LogP) is 5.85. The molecule has 1 saturated heterocycles. The van der Waals surface area contributed by atoms with Gasteiger partial charge in [-0.05, 0) is 58.7 Å². The van der Waals surface area contributed by atoms with E-state index in [4.69, 9.17) is 0 Å². The third-order valence-electron chi connectivity index (χ3n) is 6.80. The van der Waals surface area contributed by atoms with Crippen LogP contribution < -0.4 is 0 Å². The van der Waals surface area contributed by atoms with Crippen LogP contribution in [0.3, 0.4) is 0 Å². The van der Waals surface area contributed by atoms with Crippen molar-refractivity contribution in [1.82, 2.24) is 4.90 Å². The summed E-state index contributed by atoms with van der Waals surface area (Å²) >= 11 is 0. The van der Waals surface area contributed by atoms with Gasteiger partial charge in [0.2, 0.25) is 0 Å². The minimum Gasteiger partial charge on any atom is -0.478 e. The number of hydrogen-bond donors (Lipinski definition) is 1. The summed E-state index contributed by atoms with van der Waals surface area (Å²) in [6.07, 6.45) is 1.03. The number of carboxylic acid groups (broad SMARTS) is 1. The Kier molecular flexibility index (Phi) is 5.74. The SMILES string of the molecule is CC1CN(Cc2ccc(-c3ccccc3)cc2)CCC1(C)c1cccc(C(=O)O)c1. The van der Waals surface area contributed by atoms with Gasteiger partial charge in [-0.15, -0.1) is 0 Å². The predicted molar refractivity (Wildman–Crippen MR) is 122 cm³/mol. The number of nitrogens with zero attached hydrogens (tertiary/aromatic N) is 1. The molecule has 0 saturated carbocycles. The maximum atomic E-state index is 11.4. The third-order valence-corrected chi connectivity index (χ3v) is 6.80. The van der Waals surface area contributed by atoms with E-state index in [1.54, 1.807) is 6.07 Å².